The molecule has 4 aliphatic carbocycles. The summed E-state index contributed by atoms with van der Waals surface area (Å²) in [5.74, 6) is -2.60. The Morgan fingerprint density at radius 2 is 1.82 bits per heavy atom. The largest absolute Gasteiger partial charge is 0.444 e. The Labute approximate surface area is 321 Å². The van der Waals surface area contributed by atoms with Gasteiger partial charge in [-0.05, 0) is 80.9 Å². The number of amides is 5. The van der Waals surface area contributed by atoms with E-state index in [1.54, 1.807) is 4.90 Å². The molecule has 3 N–H and O–H groups in total. The third-order valence-corrected chi connectivity index (χ3v) is 14.8. The van der Waals surface area contributed by atoms with Gasteiger partial charge in [0.2, 0.25) is 21.8 Å². The van der Waals surface area contributed by atoms with Crippen LogP contribution in [-0.4, -0.2) is 89.2 Å². The van der Waals surface area contributed by atoms with E-state index in [0.717, 1.165) is 48.8 Å². The summed E-state index contributed by atoms with van der Waals surface area (Å²) in [6.45, 7) is 6.29. The van der Waals surface area contributed by atoms with Crippen LogP contribution in [0.15, 0.2) is 36.9 Å². The summed E-state index contributed by atoms with van der Waals surface area (Å²) in [6, 6.07) is 3.79. The Morgan fingerprint density at radius 3 is 2.55 bits per heavy atom. The highest BCUT2D eigenvalue weighted by Gasteiger charge is 2.62. The first kappa shape index (κ1) is 37.5. The van der Waals surface area contributed by atoms with E-state index in [4.69, 9.17) is 9.47 Å². The van der Waals surface area contributed by atoms with Crippen LogP contribution in [0.4, 0.5) is 9.59 Å². The van der Waals surface area contributed by atoms with E-state index in [2.05, 4.69) is 34.1 Å². The maximum atomic E-state index is 14.8. The highest BCUT2D eigenvalue weighted by Crippen LogP contribution is 2.50. The molecule has 0 spiro atoms. The lowest BCUT2D eigenvalue weighted by Gasteiger charge is -2.35. The number of nitrogens with zero attached hydrogens (tertiary/aromatic N) is 2. The van der Waals surface area contributed by atoms with Crippen molar-refractivity contribution in [3.05, 3.63) is 53.6 Å². The molecule has 15 heteroatoms. The van der Waals surface area contributed by atoms with Crippen molar-refractivity contribution in [1.82, 2.24) is 25.2 Å². The molecule has 3 aliphatic heterocycles. The molecule has 7 atom stereocenters. The second kappa shape index (κ2) is 14.3. The topological polar surface area (TPSA) is 181 Å². The van der Waals surface area contributed by atoms with Crippen molar-refractivity contribution in [1.29, 1.82) is 0 Å². The molecule has 0 aromatic heterocycles. The molecule has 8 rings (SSSR count). The Balaban J connectivity index is 1.08. The van der Waals surface area contributed by atoms with Crippen molar-refractivity contribution in [2.75, 3.05) is 6.54 Å². The lowest BCUT2D eigenvalue weighted by atomic mass is 9.83. The number of rotatable bonds is 7. The maximum absolute atomic E-state index is 14.8. The minimum absolute atomic E-state index is 0.0590. The van der Waals surface area contributed by atoms with Crippen LogP contribution in [0, 0.1) is 17.8 Å². The number of ether oxygens (including phenoxy) is 2. The summed E-state index contributed by atoms with van der Waals surface area (Å²) < 4.78 is 39.7. The fourth-order valence-electron chi connectivity index (χ4n) is 9.21. The van der Waals surface area contributed by atoms with Crippen LogP contribution in [0.1, 0.15) is 101 Å². The van der Waals surface area contributed by atoms with Crippen LogP contribution in [0.3, 0.4) is 0 Å². The van der Waals surface area contributed by atoms with Gasteiger partial charge in [-0.25, -0.2) is 18.0 Å². The molecule has 14 nitrogen and oxygen atoms in total. The molecule has 0 unspecified atom stereocenters. The van der Waals surface area contributed by atoms with E-state index in [1.165, 1.54) is 11.0 Å². The summed E-state index contributed by atoms with van der Waals surface area (Å²) in [6.07, 6.45) is 11.0. The number of sulfonamides is 1. The first-order chi connectivity index (χ1) is 26.3. The summed E-state index contributed by atoms with van der Waals surface area (Å²) in [5, 5.41) is 5.05. The average Bonchev–Trinajstić information content (AvgIpc) is 4.11. The molecule has 1 saturated heterocycles. The molecule has 1 aromatic rings. The van der Waals surface area contributed by atoms with Gasteiger partial charge < -0.3 is 25.0 Å². The van der Waals surface area contributed by atoms with E-state index < -0.39 is 80.4 Å². The van der Waals surface area contributed by atoms with Crippen molar-refractivity contribution < 1.29 is 41.9 Å². The number of carbonyl (C=O) groups excluding carboxylic acids is 5. The fourth-order valence-corrected chi connectivity index (χ4v) is 10.6. The van der Waals surface area contributed by atoms with Crippen LogP contribution in [0.25, 0.3) is 6.08 Å². The molecular formula is C40H51N5O9S. The number of carbonyl (C=O) groups is 5. The maximum Gasteiger partial charge on any atom is 0.410 e. The highest BCUT2D eigenvalue weighted by molar-refractivity contribution is 7.91. The normalized spacial score (nSPS) is 33.8. The SMILES string of the molecule is C=C[C@@H]1C[C@]1(NC(=O)[C@@H]1C[C@@H]2CN1C(=O)[C@H](C1CCCCC1)NC(=O)O[C@]1(C)C[C@H]1CCC=Cc1cccc3c1CN(C3)C(=O)O2)C(=O)NS(=O)(=O)C1CC1. The Morgan fingerprint density at radius 1 is 1.04 bits per heavy atom. The van der Waals surface area contributed by atoms with Crippen LogP contribution < -0.4 is 15.4 Å². The number of fused-ring (bicyclic) bond motifs is 4. The van der Waals surface area contributed by atoms with E-state index in [-0.39, 0.29) is 31.2 Å². The Bertz CT molecular complexity index is 1930. The lowest BCUT2D eigenvalue weighted by molar-refractivity contribution is -0.142. The van der Waals surface area contributed by atoms with Crippen molar-refractivity contribution in [2.45, 2.75) is 132 Å². The summed E-state index contributed by atoms with van der Waals surface area (Å²) in [5.41, 5.74) is 0.840. The van der Waals surface area contributed by atoms with Gasteiger partial charge in [-0.3, -0.25) is 24.0 Å². The molecule has 55 heavy (non-hydrogen) atoms. The second-order valence-corrected chi connectivity index (χ2v) is 18.8. The summed E-state index contributed by atoms with van der Waals surface area (Å²) in [4.78, 5) is 72.9. The van der Waals surface area contributed by atoms with Gasteiger partial charge in [-0.2, -0.15) is 0 Å². The quantitative estimate of drug-likeness (QED) is 0.345. The predicted octanol–water partition coefficient (Wildman–Crippen LogP) is 4.04. The zero-order chi connectivity index (χ0) is 38.7. The lowest BCUT2D eigenvalue weighted by Crippen LogP contribution is -2.59. The van der Waals surface area contributed by atoms with Gasteiger partial charge in [-0.1, -0.05) is 55.7 Å². The van der Waals surface area contributed by atoms with E-state index >= 15 is 0 Å². The first-order valence-electron chi connectivity index (χ1n) is 19.8. The molecule has 4 bridgehead atoms. The molecule has 4 saturated carbocycles. The first-order valence-corrected chi connectivity index (χ1v) is 21.4. The predicted molar refractivity (Wildman–Crippen MR) is 200 cm³/mol. The molecule has 296 valence electrons. The third kappa shape index (κ3) is 7.48. The minimum atomic E-state index is -3.91. The zero-order valence-electron chi connectivity index (χ0n) is 31.3. The highest BCUT2D eigenvalue weighted by atomic mass is 32.2. The van der Waals surface area contributed by atoms with Gasteiger partial charge in [0.25, 0.3) is 5.91 Å². The molecule has 5 fully saturated rings. The molecule has 1 aromatic carbocycles. The smallest absolute Gasteiger partial charge is 0.410 e. The molecule has 3 heterocycles. The standard InChI is InChI=1S/C40H51N5O9S/c1-3-27-20-40(27,36(48)43-55(51,52)30-16-17-30)42-34(46)32-18-29-22-45(32)35(47)33(25-11-5-4-6-12-25)41-37(49)54-39(2)19-28(39)15-8-7-10-24-13-9-14-26-21-44(23-31(24)26)38(50)53-29/h3,7,9-10,13-14,25,27-30,32-33H,1,4-6,8,11-12,15-23H2,2H3,(H,41,49)(H,42,46)(H,43,48)/t27-,28-,29-,32+,33+,39-,40-/m1/s1. The van der Waals surface area contributed by atoms with Crippen molar-refractivity contribution in [2.24, 2.45) is 17.8 Å². The number of allylic oxidation sites excluding steroid dienone is 1. The number of nitrogens with one attached hydrogen (secondary N) is 3. The van der Waals surface area contributed by atoms with Gasteiger partial charge in [0.05, 0.1) is 18.3 Å². The zero-order valence-corrected chi connectivity index (χ0v) is 32.1. The Hall–Kier alpha value is -4.40. The van der Waals surface area contributed by atoms with Crippen molar-refractivity contribution in [3.63, 3.8) is 0 Å². The molecular weight excluding hydrogens is 727 g/mol. The van der Waals surface area contributed by atoms with E-state index in [0.29, 0.717) is 45.2 Å². The van der Waals surface area contributed by atoms with Gasteiger partial charge in [0, 0.05) is 24.8 Å². The van der Waals surface area contributed by atoms with Gasteiger partial charge >= 0.3 is 12.2 Å². The minimum Gasteiger partial charge on any atom is -0.444 e. The molecule has 7 aliphatic rings. The Kier molecular flexibility index (Phi) is 9.74. The van der Waals surface area contributed by atoms with Gasteiger partial charge in [-0.15, -0.1) is 6.58 Å². The number of hydrogen-bond donors (Lipinski definition) is 3. The molecule has 0 radical (unpaired) electrons. The van der Waals surface area contributed by atoms with Crippen LogP contribution >= 0.6 is 0 Å². The van der Waals surface area contributed by atoms with Crippen molar-refractivity contribution in [3.8, 4) is 0 Å². The van der Waals surface area contributed by atoms with Gasteiger partial charge in [0.1, 0.15) is 29.3 Å². The monoisotopic (exact) mass is 777 g/mol. The van der Waals surface area contributed by atoms with E-state index in [1.807, 2.05) is 25.1 Å². The summed E-state index contributed by atoms with van der Waals surface area (Å²) in [7, 11) is -3.91. The number of benzene rings is 1. The third-order valence-electron chi connectivity index (χ3n) is 13.0. The van der Waals surface area contributed by atoms with Crippen LogP contribution in [0.2, 0.25) is 0 Å². The number of hydrogen-bond acceptors (Lipinski definition) is 9. The molecule has 5 amide bonds. The van der Waals surface area contributed by atoms with Gasteiger partial charge in [0.15, 0.2) is 0 Å². The van der Waals surface area contributed by atoms with Crippen LogP contribution in [-0.2, 0) is 47.0 Å². The van der Waals surface area contributed by atoms with Crippen molar-refractivity contribution >= 4 is 46.0 Å². The average molecular weight is 778 g/mol. The van der Waals surface area contributed by atoms with E-state index in [9.17, 15) is 32.4 Å². The van der Waals surface area contributed by atoms with Crippen LogP contribution in [0.5, 0.6) is 0 Å². The summed E-state index contributed by atoms with van der Waals surface area (Å²) >= 11 is 0. The second-order valence-electron chi connectivity index (χ2n) is 16.9. The fraction of sp³-hybridized carbons (Fsp3) is 0.625. The number of alkyl carbamates (subject to hydrolysis) is 1.